The Labute approximate surface area is 105 Å². The highest BCUT2D eigenvalue weighted by molar-refractivity contribution is 5.16. The molecule has 0 aliphatic heterocycles. The molecule has 0 spiro atoms. The lowest BCUT2D eigenvalue weighted by molar-refractivity contribution is 0.690. The quantitative estimate of drug-likeness (QED) is 0.893. The van der Waals surface area contributed by atoms with Crippen LogP contribution in [0.15, 0.2) is 46.1 Å². The standard InChI is InChI=1S/C14H16N2O2/c1-10(2)12-9-16(14(18)15-13(12)17)8-11-6-4-3-5-7-11/h3-7,9-10H,8H2,1-2H3,(H,15,17,18). The first kappa shape index (κ1) is 12.4. The van der Waals surface area contributed by atoms with Crippen molar-refractivity contribution >= 4 is 0 Å². The summed E-state index contributed by atoms with van der Waals surface area (Å²) >= 11 is 0. The summed E-state index contributed by atoms with van der Waals surface area (Å²) in [4.78, 5) is 25.7. The van der Waals surface area contributed by atoms with Crippen molar-refractivity contribution in [2.45, 2.75) is 26.3 Å². The number of hydrogen-bond donors (Lipinski definition) is 1. The Hall–Kier alpha value is -2.10. The predicted molar refractivity (Wildman–Crippen MR) is 71.0 cm³/mol. The number of hydrogen-bond acceptors (Lipinski definition) is 2. The van der Waals surface area contributed by atoms with Gasteiger partial charge in [0.1, 0.15) is 0 Å². The molecule has 4 nitrogen and oxygen atoms in total. The second-order valence-electron chi connectivity index (χ2n) is 4.61. The van der Waals surface area contributed by atoms with E-state index in [1.54, 1.807) is 6.20 Å². The van der Waals surface area contributed by atoms with Crippen LogP contribution in [0.3, 0.4) is 0 Å². The average molecular weight is 244 g/mol. The van der Waals surface area contributed by atoms with Gasteiger partial charge in [0.2, 0.25) is 0 Å². The number of aromatic nitrogens is 2. The van der Waals surface area contributed by atoms with Crippen LogP contribution in [0.4, 0.5) is 0 Å². The molecule has 1 N–H and O–H groups in total. The molecule has 2 rings (SSSR count). The maximum absolute atomic E-state index is 11.7. The summed E-state index contributed by atoms with van der Waals surface area (Å²) in [6.45, 7) is 4.33. The molecule has 1 aromatic heterocycles. The minimum Gasteiger partial charge on any atom is -0.296 e. The minimum atomic E-state index is -0.367. The summed E-state index contributed by atoms with van der Waals surface area (Å²) in [7, 11) is 0. The second-order valence-corrected chi connectivity index (χ2v) is 4.61. The van der Waals surface area contributed by atoms with Crippen LogP contribution in [0.25, 0.3) is 0 Å². The van der Waals surface area contributed by atoms with Crippen molar-refractivity contribution in [3.8, 4) is 0 Å². The van der Waals surface area contributed by atoms with E-state index in [-0.39, 0.29) is 17.2 Å². The SMILES string of the molecule is CC(C)c1cn(Cc2ccccc2)c(=O)[nH]c1=O. The van der Waals surface area contributed by atoms with Crippen LogP contribution < -0.4 is 11.2 Å². The molecule has 0 atom stereocenters. The molecular formula is C14H16N2O2. The number of benzene rings is 1. The van der Waals surface area contributed by atoms with Crippen molar-refractivity contribution in [2.24, 2.45) is 0 Å². The molecule has 0 unspecified atom stereocenters. The van der Waals surface area contributed by atoms with E-state index in [2.05, 4.69) is 4.98 Å². The fourth-order valence-corrected chi connectivity index (χ4v) is 1.84. The maximum Gasteiger partial charge on any atom is 0.328 e. The van der Waals surface area contributed by atoms with E-state index in [0.717, 1.165) is 5.56 Å². The van der Waals surface area contributed by atoms with Crippen LogP contribution in [-0.4, -0.2) is 9.55 Å². The molecule has 4 heteroatoms. The Morgan fingerprint density at radius 2 is 1.83 bits per heavy atom. The van der Waals surface area contributed by atoms with Crippen LogP contribution in [0.5, 0.6) is 0 Å². The molecule has 0 bridgehead atoms. The number of nitrogens with zero attached hydrogens (tertiary/aromatic N) is 1. The van der Waals surface area contributed by atoms with Crippen molar-refractivity contribution in [1.29, 1.82) is 0 Å². The van der Waals surface area contributed by atoms with E-state index in [0.29, 0.717) is 12.1 Å². The summed E-state index contributed by atoms with van der Waals surface area (Å²) in [5.41, 5.74) is 0.999. The molecule has 0 aliphatic carbocycles. The van der Waals surface area contributed by atoms with Gasteiger partial charge in [-0.25, -0.2) is 4.79 Å². The van der Waals surface area contributed by atoms with Gasteiger partial charge in [-0.05, 0) is 11.5 Å². The molecule has 18 heavy (non-hydrogen) atoms. The lowest BCUT2D eigenvalue weighted by Gasteiger charge is -2.09. The molecule has 1 heterocycles. The first-order valence-corrected chi connectivity index (χ1v) is 5.95. The van der Waals surface area contributed by atoms with Crippen molar-refractivity contribution < 1.29 is 0 Å². The monoisotopic (exact) mass is 244 g/mol. The van der Waals surface area contributed by atoms with Gasteiger partial charge in [0.25, 0.3) is 5.56 Å². The third kappa shape index (κ3) is 2.59. The minimum absolute atomic E-state index is 0.0939. The Morgan fingerprint density at radius 1 is 1.17 bits per heavy atom. The molecule has 0 aliphatic rings. The Balaban J connectivity index is 2.43. The Kier molecular flexibility index (Phi) is 3.46. The zero-order chi connectivity index (χ0) is 13.1. The molecule has 0 saturated heterocycles. The summed E-state index contributed by atoms with van der Waals surface area (Å²) < 4.78 is 1.53. The highest BCUT2D eigenvalue weighted by atomic mass is 16.2. The van der Waals surface area contributed by atoms with Crippen molar-refractivity contribution in [3.05, 3.63) is 68.5 Å². The number of rotatable bonds is 3. The van der Waals surface area contributed by atoms with Gasteiger partial charge in [0.05, 0.1) is 6.54 Å². The fraction of sp³-hybridized carbons (Fsp3) is 0.286. The normalized spacial score (nSPS) is 10.8. The van der Waals surface area contributed by atoms with Crippen molar-refractivity contribution in [2.75, 3.05) is 0 Å². The van der Waals surface area contributed by atoms with E-state index in [9.17, 15) is 9.59 Å². The van der Waals surface area contributed by atoms with E-state index < -0.39 is 0 Å². The molecule has 0 amide bonds. The molecular weight excluding hydrogens is 228 g/mol. The second kappa shape index (κ2) is 5.04. The zero-order valence-electron chi connectivity index (χ0n) is 10.5. The smallest absolute Gasteiger partial charge is 0.296 e. The van der Waals surface area contributed by atoms with Crippen molar-refractivity contribution in [3.63, 3.8) is 0 Å². The maximum atomic E-state index is 11.7. The summed E-state index contributed by atoms with van der Waals surface area (Å²) in [5.74, 6) is 0.0939. The Bertz CT molecular complexity index is 639. The van der Waals surface area contributed by atoms with Crippen LogP contribution >= 0.6 is 0 Å². The molecule has 94 valence electrons. The van der Waals surface area contributed by atoms with Crippen LogP contribution in [0, 0.1) is 0 Å². The third-order valence-corrected chi connectivity index (χ3v) is 2.86. The number of nitrogens with one attached hydrogen (secondary N) is 1. The van der Waals surface area contributed by atoms with Gasteiger partial charge >= 0.3 is 5.69 Å². The average Bonchev–Trinajstić information content (AvgIpc) is 2.33. The van der Waals surface area contributed by atoms with E-state index in [1.807, 2.05) is 44.2 Å². The lowest BCUT2D eigenvalue weighted by atomic mass is 10.1. The highest BCUT2D eigenvalue weighted by Crippen LogP contribution is 2.07. The van der Waals surface area contributed by atoms with E-state index >= 15 is 0 Å². The topological polar surface area (TPSA) is 54.9 Å². The molecule has 0 fully saturated rings. The number of aromatic amines is 1. The van der Waals surface area contributed by atoms with Gasteiger partial charge in [0.15, 0.2) is 0 Å². The molecule has 1 aromatic carbocycles. The van der Waals surface area contributed by atoms with Gasteiger partial charge in [-0.2, -0.15) is 0 Å². The largest absolute Gasteiger partial charge is 0.328 e. The van der Waals surface area contributed by atoms with Gasteiger partial charge in [-0.1, -0.05) is 44.2 Å². The van der Waals surface area contributed by atoms with Gasteiger partial charge in [0, 0.05) is 11.8 Å². The predicted octanol–water partition coefficient (Wildman–Crippen LogP) is 1.71. The molecule has 0 radical (unpaired) electrons. The third-order valence-electron chi connectivity index (χ3n) is 2.86. The summed E-state index contributed by atoms with van der Waals surface area (Å²) in [6, 6.07) is 9.68. The fourth-order valence-electron chi connectivity index (χ4n) is 1.84. The van der Waals surface area contributed by atoms with Gasteiger partial charge < -0.3 is 0 Å². The van der Waals surface area contributed by atoms with Crippen LogP contribution in [-0.2, 0) is 6.54 Å². The van der Waals surface area contributed by atoms with Gasteiger partial charge in [-0.3, -0.25) is 14.3 Å². The lowest BCUT2D eigenvalue weighted by Crippen LogP contribution is -2.32. The first-order valence-electron chi connectivity index (χ1n) is 5.95. The number of H-pyrrole nitrogens is 1. The summed E-state index contributed by atoms with van der Waals surface area (Å²) in [5, 5.41) is 0. The van der Waals surface area contributed by atoms with E-state index in [1.165, 1.54) is 4.57 Å². The zero-order valence-corrected chi connectivity index (χ0v) is 10.5. The molecule has 2 aromatic rings. The van der Waals surface area contributed by atoms with Gasteiger partial charge in [-0.15, -0.1) is 0 Å². The highest BCUT2D eigenvalue weighted by Gasteiger charge is 2.08. The summed E-state index contributed by atoms with van der Waals surface area (Å²) in [6.07, 6.45) is 1.65. The first-order chi connectivity index (χ1) is 8.58. The Morgan fingerprint density at radius 3 is 2.44 bits per heavy atom. The molecule has 0 saturated carbocycles. The van der Waals surface area contributed by atoms with Crippen molar-refractivity contribution in [1.82, 2.24) is 9.55 Å². The van der Waals surface area contributed by atoms with E-state index in [4.69, 9.17) is 0 Å². The van der Waals surface area contributed by atoms with Crippen LogP contribution in [0.2, 0.25) is 0 Å². The van der Waals surface area contributed by atoms with Crippen LogP contribution in [0.1, 0.15) is 30.9 Å².